The van der Waals surface area contributed by atoms with Crippen LogP contribution in [-0.2, 0) is 4.79 Å². The van der Waals surface area contributed by atoms with Crippen molar-refractivity contribution in [2.24, 2.45) is 0 Å². The molecule has 0 heterocycles. The third-order valence-corrected chi connectivity index (χ3v) is 1.85. The molecule has 0 aromatic heterocycles. The standard InChI is InChI=1S/C14H14O/c1-13(15)14-11-9-7-5-3-2-4-6-8-10-12-14/h2-12H,1H3. The lowest BCUT2D eigenvalue weighted by molar-refractivity contribution is -0.113. The SMILES string of the molecule is CC(=O)C1=CC=CC=CC=CC=CC=C1. The summed E-state index contributed by atoms with van der Waals surface area (Å²) in [4.78, 5) is 11.2. The van der Waals surface area contributed by atoms with E-state index in [1.165, 1.54) is 0 Å². The van der Waals surface area contributed by atoms with Crippen molar-refractivity contribution in [3.63, 3.8) is 0 Å². The van der Waals surface area contributed by atoms with E-state index in [1.807, 2.05) is 66.8 Å². The number of rotatable bonds is 1. The highest BCUT2D eigenvalue weighted by Crippen LogP contribution is 2.00. The second-order valence-corrected chi connectivity index (χ2v) is 3.08. The number of ketones is 1. The molecule has 76 valence electrons. The summed E-state index contributed by atoms with van der Waals surface area (Å²) in [5, 5.41) is 0. The number of hydrogen-bond donors (Lipinski definition) is 0. The number of carbonyl (C=O) groups is 1. The summed E-state index contributed by atoms with van der Waals surface area (Å²) in [6.45, 7) is 1.56. The van der Waals surface area contributed by atoms with E-state index >= 15 is 0 Å². The molecule has 0 fully saturated rings. The normalized spacial score (nSPS) is 15.7. The molecule has 0 saturated heterocycles. The van der Waals surface area contributed by atoms with Gasteiger partial charge in [0.1, 0.15) is 0 Å². The summed E-state index contributed by atoms with van der Waals surface area (Å²) in [5.74, 6) is 0.0703. The third kappa shape index (κ3) is 4.77. The van der Waals surface area contributed by atoms with Crippen LogP contribution in [0.5, 0.6) is 0 Å². The lowest BCUT2D eigenvalue weighted by Crippen LogP contribution is -1.91. The van der Waals surface area contributed by atoms with Crippen molar-refractivity contribution >= 4 is 5.78 Å². The van der Waals surface area contributed by atoms with Crippen molar-refractivity contribution in [1.29, 1.82) is 0 Å². The van der Waals surface area contributed by atoms with E-state index in [1.54, 1.807) is 6.92 Å². The van der Waals surface area contributed by atoms with E-state index in [2.05, 4.69) is 0 Å². The number of hydrogen-bond acceptors (Lipinski definition) is 1. The molecule has 1 nitrogen and oxygen atoms in total. The van der Waals surface area contributed by atoms with Crippen LogP contribution >= 0.6 is 0 Å². The number of Topliss-reactive ketones (excluding diaryl/α,β-unsaturated/α-hetero) is 1. The Morgan fingerprint density at radius 3 is 1.80 bits per heavy atom. The minimum atomic E-state index is 0.0703. The molecule has 0 radical (unpaired) electrons. The first-order valence-electron chi connectivity index (χ1n) is 4.86. The van der Waals surface area contributed by atoms with Gasteiger partial charge >= 0.3 is 0 Å². The van der Waals surface area contributed by atoms with Crippen LogP contribution in [-0.4, -0.2) is 5.78 Å². The molecule has 0 amide bonds. The minimum absolute atomic E-state index is 0.0703. The average molecular weight is 198 g/mol. The van der Waals surface area contributed by atoms with Gasteiger partial charge in [0.05, 0.1) is 0 Å². The van der Waals surface area contributed by atoms with Gasteiger partial charge in [0, 0.05) is 5.57 Å². The molecule has 15 heavy (non-hydrogen) atoms. The summed E-state index contributed by atoms with van der Waals surface area (Å²) in [6, 6.07) is 0. The van der Waals surface area contributed by atoms with Crippen LogP contribution in [0.1, 0.15) is 6.92 Å². The Labute approximate surface area is 90.5 Å². The van der Waals surface area contributed by atoms with Crippen molar-refractivity contribution in [1.82, 2.24) is 0 Å². The van der Waals surface area contributed by atoms with E-state index < -0.39 is 0 Å². The Balaban J connectivity index is 2.92. The maximum absolute atomic E-state index is 11.2. The lowest BCUT2D eigenvalue weighted by Gasteiger charge is -1.92. The zero-order valence-electron chi connectivity index (χ0n) is 8.76. The third-order valence-electron chi connectivity index (χ3n) is 1.85. The summed E-state index contributed by atoms with van der Waals surface area (Å²) in [6.07, 6.45) is 20.8. The second kappa shape index (κ2) is 6.55. The minimum Gasteiger partial charge on any atom is -0.295 e. The molecule has 0 bridgehead atoms. The maximum Gasteiger partial charge on any atom is 0.159 e. The first-order valence-corrected chi connectivity index (χ1v) is 4.86. The molecule has 0 unspecified atom stereocenters. The van der Waals surface area contributed by atoms with Gasteiger partial charge in [-0.05, 0) is 6.92 Å². The van der Waals surface area contributed by atoms with Gasteiger partial charge in [0.15, 0.2) is 5.78 Å². The number of carbonyl (C=O) groups excluding carboxylic acids is 1. The van der Waals surface area contributed by atoms with Gasteiger partial charge < -0.3 is 0 Å². The Morgan fingerprint density at radius 2 is 1.27 bits per heavy atom. The fourth-order valence-corrected chi connectivity index (χ4v) is 1.06. The molecule has 0 atom stereocenters. The molecular weight excluding hydrogens is 184 g/mol. The molecule has 0 N–H and O–H groups in total. The van der Waals surface area contributed by atoms with Crippen molar-refractivity contribution < 1.29 is 4.79 Å². The molecule has 0 aromatic rings. The van der Waals surface area contributed by atoms with Gasteiger partial charge in [-0.1, -0.05) is 66.8 Å². The highest BCUT2D eigenvalue weighted by Gasteiger charge is 1.95. The fourth-order valence-electron chi connectivity index (χ4n) is 1.06. The van der Waals surface area contributed by atoms with Crippen molar-refractivity contribution in [2.45, 2.75) is 6.92 Å². The summed E-state index contributed by atoms with van der Waals surface area (Å²) >= 11 is 0. The molecule has 1 heteroatoms. The molecule has 1 aliphatic carbocycles. The van der Waals surface area contributed by atoms with Crippen molar-refractivity contribution in [3.8, 4) is 0 Å². The topological polar surface area (TPSA) is 17.1 Å². The molecule has 0 spiro atoms. The van der Waals surface area contributed by atoms with Crippen molar-refractivity contribution in [2.75, 3.05) is 0 Å². The van der Waals surface area contributed by atoms with Gasteiger partial charge in [-0.15, -0.1) is 0 Å². The quantitative estimate of drug-likeness (QED) is 0.631. The summed E-state index contributed by atoms with van der Waals surface area (Å²) in [5.41, 5.74) is 0.703. The van der Waals surface area contributed by atoms with Crippen LogP contribution in [0.25, 0.3) is 0 Å². The van der Waals surface area contributed by atoms with Crippen LogP contribution in [0.4, 0.5) is 0 Å². The van der Waals surface area contributed by atoms with Gasteiger partial charge in [-0.3, -0.25) is 4.79 Å². The number of allylic oxidation sites excluding steroid dienone is 12. The Kier molecular flexibility index (Phi) is 4.88. The van der Waals surface area contributed by atoms with Gasteiger partial charge in [-0.25, -0.2) is 0 Å². The van der Waals surface area contributed by atoms with E-state index in [0.29, 0.717) is 5.57 Å². The summed E-state index contributed by atoms with van der Waals surface area (Å²) in [7, 11) is 0. The van der Waals surface area contributed by atoms with E-state index in [9.17, 15) is 4.79 Å². The van der Waals surface area contributed by atoms with Gasteiger partial charge in [0.25, 0.3) is 0 Å². The van der Waals surface area contributed by atoms with Gasteiger partial charge in [-0.2, -0.15) is 0 Å². The fraction of sp³-hybridized carbons (Fsp3) is 0.0714. The second-order valence-electron chi connectivity index (χ2n) is 3.08. The smallest absolute Gasteiger partial charge is 0.159 e. The van der Waals surface area contributed by atoms with E-state index in [0.717, 1.165) is 0 Å². The molecule has 0 saturated carbocycles. The molecule has 0 aliphatic heterocycles. The first kappa shape index (κ1) is 11.2. The molecule has 0 aromatic carbocycles. The van der Waals surface area contributed by atoms with E-state index in [4.69, 9.17) is 0 Å². The predicted octanol–water partition coefficient (Wildman–Crippen LogP) is 3.30. The largest absolute Gasteiger partial charge is 0.295 e. The van der Waals surface area contributed by atoms with Crippen LogP contribution in [0.2, 0.25) is 0 Å². The predicted molar refractivity (Wildman–Crippen MR) is 64.5 cm³/mol. The Bertz CT molecular complexity index is 388. The molecule has 1 aliphatic rings. The van der Waals surface area contributed by atoms with Crippen LogP contribution in [0.15, 0.2) is 72.4 Å². The van der Waals surface area contributed by atoms with Gasteiger partial charge in [0.2, 0.25) is 0 Å². The Hall–Kier alpha value is -1.89. The summed E-state index contributed by atoms with van der Waals surface area (Å²) < 4.78 is 0. The van der Waals surface area contributed by atoms with Crippen molar-refractivity contribution in [3.05, 3.63) is 72.4 Å². The van der Waals surface area contributed by atoms with Crippen LogP contribution < -0.4 is 0 Å². The van der Waals surface area contributed by atoms with E-state index in [-0.39, 0.29) is 5.78 Å². The highest BCUT2D eigenvalue weighted by molar-refractivity contribution is 5.96. The van der Waals surface area contributed by atoms with Crippen LogP contribution in [0, 0.1) is 0 Å². The lowest BCUT2D eigenvalue weighted by atomic mass is 10.1. The van der Waals surface area contributed by atoms with Crippen LogP contribution in [0.3, 0.4) is 0 Å². The Morgan fingerprint density at radius 1 is 0.800 bits per heavy atom. The molecule has 1 rings (SSSR count). The maximum atomic E-state index is 11.2. The molecular formula is C14H14O. The first-order chi connectivity index (χ1) is 7.30. The zero-order chi connectivity index (χ0) is 10.9. The zero-order valence-corrected chi connectivity index (χ0v) is 8.76. The average Bonchev–Trinajstić information content (AvgIpc) is 2.18. The highest BCUT2D eigenvalue weighted by atomic mass is 16.1. The monoisotopic (exact) mass is 198 g/mol.